The molecular weight excluding hydrogens is 422 g/mol. The van der Waals surface area contributed by atoms with Crippen molar-refractivity contribution in [3.05, 3.63) is 77.2 Å². The van der Waals surface area contributed by atoms with Gasteiger partial charge in [0.2, 0.25) is 5.91 Å². The van der Waals surface area contributed by atoms with Crippen LogP contribution in [-0.4, -0.2) is 32.6 Å². The number of carbonyl (C=O) groups is 2. The first kappa shape index (κ1) is 19.5. The number of rotatable bonds is 5. The Labute approximate surface area is 181 Å². The van der Waals surface area contributed by atoms with Crippen molar-refractivity contribution in [2.24, 2.45) is 0 Å². The standard InChI is InChI=1S/C21H15N3O2S3/c25-18(23-20-22-15-10-4-5-11-16(15)28-20)13-24-19(26)17(29-21(24)27)12-6-9-14-7-2-1-3-8-14/h1-12H,13H2,(H,22,23,25). The van der Waals surface area contributed by atoms with Crippen molar-refractivity contribution < 1.29 is 9.59 Å². The molecule has 0 radical (unpaired) electrons. The van der Waals surface area contributed by atoms with Crippen LogP contribution in [0.3, 0.4) is 0 Å². The van der Waals surface area contributed by atoms with Crippen LogP contribution in [-0.2, 0) is 9.59 Å². The van der Waals surface area contributed by atoms with Crippen LogP contribution in [0.5, 0.6) is 0 Å². The highest BCUT2D eigenvalue weighted by Gasteiger charge is 2.33. The number of hydrogen-bond acceptors (Lipinski definition) is 6. The monoisotopic (exact) mass is 437 g/mol. The van der Waals surface area contributed by atoms with Crippen LogP contribution in [0.25, 0.3) is 16.3 Å². The highest BCUT2D eigenvalue weighted by Crippen LogP contribution is 2.31. The van der Waals surface area contributed by atoms with E-state index < -0.39 is 0 Å². The Kier molecular flexibility index (Phi) is 5.84. The number of nitrogens with zero attached hydrogens (tertiary/aromatic N) is 2. The van der Waals surface area contributed by atoms with Crippen molar-refractivity contribution in [1.29, 1.82) is 0 Å². The first-order chi connectivity index (χ1) is 14.1. The van der Waals surface area contributed by atoms with Gasteiger partial charge in [-0.1, -0.05) is 89.9 Å². The van der Waals surface area contributed by atoms with E-state index in [2.05, 4.69) is 10.3 Å². The van der Waals surface area contributed by atoms with Crippen LogP contribution in [0, 0.1) is 0 Å². The summed E-state index contributed by atoms with van der Waals surface area (Å²) in [5.74, 6) is -0.599. The zero-order chi connectivity index (χ0) is 20.2. The molecule has 1 saturated heterocycles. The summed E-state index contributed by atoms with van der Waals surface area (Å²) >= 11 is 7.87. The van der Waals surface area contributed by atoms with E-state index in [-0.39, 0.29) is 18.4 Å². The predicted octanol–water partition coefficient (Wildman–Crippen LogP) is 4.69. The van der Waals surface area contributed by atoms with Crippen molar-refractivity contribution in [3.8, 4) is 0 Å². The molecular formula is C21H15N3O2S3. The number of thiocarbonyl (C=S) groups is 1. The summed E-state index contributed by atoms with van der Waals surface area (Å²) < 4.78 is 1.36. The lowest BCUT2D eigenvalue weighted by atomic mass is 10.2. The van der Waals surface area contributed by atoms with Gasteiger partial charge in [-0.3, -0.25) is 14.5 Å². The number of hydrogen-bond donors (Lipinski definition) is 1. The summed E-state index contributed by atoms with van der Waals surface area (Å²) in [5, 5.41) is 3.25. The second kappa shape index (κ2) is 8.69. The van der Waals surface area contributed by atoms with Gasteiger partial charge in [0.15, 0.2) is 5.13 Å². The zero-order valence-corrected chi connectivity index (χ0v) is 17.5. The minimum Gasteiger partial charge on any atom is -0.300 e. The second-order valence-electron chi connectivity index (χ2n) is 6.09. The summed E-state index contributed by atoms with van der Waals surface area (Å²) in [5.41, 5.74) is 1.86. The number of benzene rings is 2. The minimum absolute atomic E-state index is 0.139. The third kappa shape index (κ3) is 4.61. The number of para-hydroxylation sites is 1. The molecule has 1 aliphatic heterocycles. The molecule has 5 nitrogen and oxygen atoms in total. The first-order valence-electron chi connectivity index (χ1n) is 8.73. The van der Waals surface area contributed by atoms with Crippen molar-refractivity contribution >= 4 is 72.9 Å². The van der Waals surface area contributed by atoms with E-state index in [0.29, 0.717) is 14.4 Å². The molecule has 29 heavy (non-hydrogen) atoms. The lowest BCUT2D eigenvalue weighted by Crippen LogP contribution is -2.36. The van der Waals surface area contributed by atoms with E-state index in [1.807, 2.05) is 66.7 Å². The van der Waals surface area contributed by atoms with Gasteiger partial charge in [-0.25, -0.2) is 4.98 Å². The average molecular weight is 438 g/mol. The van der Waals surface area contributed by atoms with Crippen molar-refractivity contribution in [2.45, 2.75) is 0 Å². The molecule has 3 aromatic rings. The highest BCUT2D eigenvalue weighted by atomic mass is 32.2. The Morgan fingerprint density at radius 3 is 2.69 bits per heavy atom. The highest BCUT2D eigenvalue weighted by molar-refractivity contribution is 8.26. The first-order valence-corrected chi connectivity index (χ1v) is 10.8. The number of carbonyl (C=O) groups excluding carboxylic acids is 2. The fourth-order valence-electron chi connectivity index (χ4n) is 2.69. The van der Waals surface area contributed by atoms with Gasteiger partial charge in [0.1, 0.15) is 10.9 Å². The third-order valence-corrected chi connectivity index (χ3v) is 6.40. The van der Waals surface area contributed by atoms with E-state index in [1.54, 1.807) is 6.08 Å². The van der Waals surface area contributed by atoms with Gasteiger partial charge in [0.25, 0.3) is 5.91 Å². The number of anilines is 1. The van der Waals surface area contributed by atoms with E-state index in [9.17, 15) is 9.59 Å². The molecule has 0 spiro atoms. The van der Waals surface area contributed by atoms with Gasteiger partial charge >= 0.3 is 0 Å². The molecule has 144 valence electrons. The van der Waals surface area contributed by atoms with E-state index >= 15 is 0 Å². The lowest BCUT2D eigenvalue weighted by molar-refractivity contribution is -0.126. The van der Waals surface area contributed by atoms with Crippen LogP contribution >= 0.6 is 35.3 Å². The van der Waals surface area contributed by atoms with E-state index in [0.717, 1.165) is 15.8 Å². The number of allylic oxidation sites excluding steroid dienone is 2. The summed E-state index contributed by atoms with van der Waals surface area (Å²) in [6, 6.07) is 17.4. The molecule has 1 aromatic heterocycles. The predicted molar refractivity (Wildman–Crippen MR) is 124 cm³/mol. The topological polar surface area (TPSA) is 62.3 Å². The molecule has 1 fully saturated rings. The SMILES string of the molecule is O=C(CN1C(=O)C(=CC=Cc2ccccc2)SC1=S)Nc1nc2ccccc2s1. The maximum absolute atomic E-state index is 12.6. The largest absolute Gasteiger partial charge is 0.300 e. The summed E-state index contributed by atoms with van der Waals surface area (Å²) in [7, 11) is 0. The van der Waals surface area contributed by atoms with Gasteiger partial charge in [-0.05, 0) is 23.8 Å². The quantitative estimate of drug-likeness (QED) is 0.463. The number of aromatic nitrogens is 1. The summed E-state index contributed by atoms with van der Waals surface area (Å²) in [4.78, 5) is 31.2. The van der Waals surface area contributed by atoms with Gasteiger partial charge in [0.05, 0.1) is 15.1 Å². The molecule has 0 bridgehead atoms. The minimum atomic E-state index is -0.332. The molecule has 2 heterocycles. The molecule has 1 N–H and O–H groups in total. The number of fused-ring (bicyclic) bond motifs is 1. The molecule has 0 aliphatic carbocycles. The van der Waals surface area contributed by atoms with E-state index in [4.69, 9.17) is 12.2 Å². The number of amides is 2. The van der Waals surface area contributed by atoms with Gasteiger partial charge in [0, 0.05) is 0 Å². The van der Waals surface area contributed by atoms with Crippen LogP contribution in [0.1, 0.15) is 5.56 Å². The Morgan fingerprint density at radius 1 is 1.14 bits per heavy atom. The molecule has 2 amide bonds. The number of nitrogens with one attached hydrogen (secondary N) is 1. The van der Waals surface area contributed by atoms with Crippen LogP contribution in [0.2, 0.25) is 0 Å². The molecule has 0 atom stereocenters. The summed E-state index contributed by atoms with van der Waals surface area (Å²) in [6.07, 6.45) is 5.44. The smallest absolute Gasteiger partial charge is 0.266 e. The normalized spacial score (nSPS) is 15.7. The number of thioether (sulfide) groups is 1. The molecule has 2 aromatic carbocycles. The molecule has 0 saturated carbocycles. The fourth-order valence-corrected chi connectivity index (χ4v) is 4.78. The van der Waals surface area contributed by atoms with Crippen molar-refractivity contribution in [3.63, 3.8) is 0 Å². The van der Waals surface area contributed by atoms with Crippen molar-refractivity contribution in [1.82, 2.24) is 9.88 Å². The molecule has 0 unspecified atom stereocenters. The van der Waals surface area contributed by atoms with Crippen LogP contribution < -0.4 is 5.32 Å². The maximum atomic E-state index is 12.6. The Morgan fingerprint density at radius 2 is 1.90 bits per heavy atom. The maximum Gasteiger partial charge on any atom is 0.266 e. The lowest BCUT2D eigenvalue weighted by Gasteiger charge is -2.13. The van der Waals surface area contributed by atoms with Gasteiger partial charge in [-0.2, -0.15) is 0 Å². The Hall–Kier alpha value is -2.81. The van der Waals surface area contributed by atoms with Crippen LogP contribution in [0.15, 0.2) is 71.7 Å². The van der Waals surface area contributed by atoms with Gasteiger partial charge < -0.3 is 5.32 Å². The van der Waals surface area contributed by atoms with E-state index in [1.165, 1.54) is 28.0 Å². The number of thiazole rings is 1. The van der Waals surface area contributed by atoms with Crippen LogP contribution in [0.4, 0.5) is 5.13 Å². The zero-order valence-electron chi connectivity index (χ0n) is 15.1. The van der Waals surface area contributed by atoms with Crippen molar-refractivity contribution in [2.75, 3.05) is 11.9 Å². The second-order valence-corrected chi connectivity index (χ2v) is 8.80. The Bertz CT molecular complexity index is 1120. The third-order valence-electron chi connectivity index (χ3n) is 4.05. The molecule has 8 heteroatoms. The molecule has 1 aliphatic rings. The summed E-state index contributed by atoms with van der Waals surface area (Å²) in [6.45, 7) is -0.139. The average Bonchev–Trinajstić information content (AvgIpc) is 3.24. The van der Waals surface area contributed by atoms with Gasteiger partial charge in [-0.15, -0.1) is 0 Å². The fraction of sp³-hybridized carbons (Fsp3) is 0.0476. The Balaban J connectivity index is 1.40. The molecule has 4 rings (SSSR count).